The van der Waals surface area contributed by atoms with E-state index in [1.54, 1.807) is 12.1 Å². The summed E-state index contributed by atoms with van der Waals surface area (Å²) in [5.41, 5.74) is 3.35. The maximum absolute atomic E-state index is 11.8. The SMILES string of the molecule is CCc1cc(OC2CCN(S(C)(=O)=O)CC2)cc(C(COC(C)=O)Nc2ccc(C#N)cc2)c1. The standard InChI is InChI=1S/C25H31N3O5S/c1-4-19-13-21(15-24(14-19)33-23-9-11-28(12-10-23)34(3,30)31)25(17-32-18(2)29)27-22-7-5-20(16-26)6-8-22/h5-8,13-15,23,25,27H,4,9-12,17H2,1-3H3. The molecule has 9 heteroatoms. The van der Waals surface area contributed by atoms with E-state index in [9.17, 15) is 13.2 Å². The predicted molar refractivity (Wildman–Crippen MR) is 130 cm³/mol. The molecular formula is C25H31N3O5S. The maximum atomic E-state index is 11.8. The van der Waals surface area contributed by atoms with Gasteiger partial charge in [-0.15, -0.1) is 0 Å². The summed E-state index contributed by atoms with van der Waals surface area (Å²) in [4.78, 5) is 11.5. The molecule has 34 heavy (non-hydrogen) atoms. The summed E-state index contributed by atoms with van der Waals surface area (Å²) in [6.07, 6.45) is 3.21. The number of piperidine rings is 1. The smallest absolute Gasteiger partial charge is 0.302 e. The van der Waals surface area contributed by atoms with Gasteiger partial charge in [0.15, 0.2) is 0 Å². The van der Waals surface area contributed by atoms with Crippen molar-refractivity contribution in [3.05, 3.63) is 59.2 Å². The fraction of sp³-hybridized carbons (Fsp3) is 0.440. The lowest BCUT2D eigenvalue weighted by molar-refractivity contribution is -0.141. The Morgan fingerprint density at radius 1 is 1.21 bits per heavy atom. The number of nitrogens with zero attached hydrogens (tertiary/aromatic N) is 2. The van der Waals surface area contributed by atoms with Gasteiger partial charge in [0.25, 0.3) is 0 Å². The number of nitriles is 1. The molecule has 1 fully saturated rings. The highest BCUT2D eigenvalue weighted by molar-refractivity contribution is 7.88. The first-order chi connectivity index (χ1) is 16.2. The van der Waals surface area contributed by atoms with Gasteiger partial charge >= 0.3 is 5.97 Å². The number of anilines is 1. The molecule has 1 aliphatic rings. The van der Waals surface area contributed by atoms with Gasteiger partial charge in [0.05, 0.1) is 23.9 Å². The van der Waals surface area contributed by atoms with Gasteiger partial charge < -0.3 is 14.8 Å². The van der Waals surface area contributed by atoms with Gasteiger partial charge in [-0.1, -0.05) is 13.0 Å². The molecule has 1 N–H and O–H groups in total. The van der Waals surface area contributed by atoms with Crippen LogP contribution in [-0.4, -0.2) is 50.7 Å². The lowest BCUT2D eigenvalue weighted by Gasteiger charge is -2.31. The minimum Gasteiger partial charge on any atom is -0.490 e. The number of aryl methyl sites for hydroxylation is 1. The topological polar surface area (TPSA) is 109 Å². The van der Waals surface area contributed by atoms with Gasteiger partial charge in [-0.3, -0.25) is 4.79 Å². The first kappa shape index (κ1) is 25.5. The van der Waals surface area contributed by atoms with Crippen LogP contribution >= 0.6 is 0 Å². The Balaban J connectivity index is 1.80. The van der Waals surface area contributed by atoms with Crippen molar-refractivity contribution in [2.24, 2.45) is 0 Å². The Hall–Kier alpha value is -3.09. The van der Waals surface area contributed by atoms with E-state index in [1.165, 1.54) is 17.5 Å². The Morgan fingerprint density at radius 3 is 2.44 bits per heavy atom. The molecule has 0 aromatic heterocycles. The zero-order chi connectivity index (χ0) is 24.7. The molecule has 0 spiro atoms. The van der Waals surface area contributed by atoms with E-state index < -0.39 is 10.0 Å². The van der Waals surface area contributed by atoms with Crippen LogP contribution < -0.4 is 10.1 Å². The predicted octanol–water partition coefficient (Wildman–Crippen LogP) is 3.64. The van der Waals surface area contributed by atoms with E-state index >= 15 is 0 Å². The zero-order valence-electron chi connectivity index (χ0n) is 19.8. The fourth-order valence-corrected chi connectivity index (χ4v) is 4.77. The third kappa shape index (κ3) is 7.20. The van der Waals surface area contributed by atoms with E-state index in [4.69, 9.17) is 14.7 Å². The first-order valence-electron chi connectivity index (χ1n) is 11.3. The molecule has 1 unspecified atom stereocenters. The number of hydrogen-bond acceptors (Lipinski definition) is 7. The van der Waals surface area contributed by atoms with Gasteiger partial charge in [0.2, 0.25) is 10.0 Å². The number of nitrogens with one attached hydrogen (secondary N) is 1. The number of esters is 1. The van der Waals surface area contributed by atoms with Crippen molar-refractivity contribution in [2.75, 3.05) is 31.3 Å². The van der Waals surface area contributed by atoms with Crippen molar-refractivity contribution in [3.63, 3.8) is 0 Å². The average Bonchev–Trinajstić information content (AvgIpc) is 2.81. The summed E-state index contributed by atoms with van der Waals surface area (Å²) >= 11 is 0. The number of ether oxygens (including phenoxy) is 2. The molecule has 3 rings (SSSR count). The van der Waals surface area contributed by atoms with Crippen molar-refractivity contribution < 1.29 is 22.7 Å². The third-order valence-electron chi connectivity index (χ3n) is 5.78. The summed E-state index contributed by atoms with van der Waals surface area (Å²) in [5, 5.41) is 12.4. The quantitative estimate of drug-likeness (QED) is 0.540. The minimum atomic E-state index is -3.19. The molecule has 1 saturated heterocycles. The van der Waals surface area contributed by atoms with E-state index in [1.807, 2.05) is 24.3 Å². The number of carbonyl (C=O) groups is 1. The lowest BCUT2D eigenvalue weighted by Crippen LogP contribution is -2.41. The molecule has 182 valence electrons. The van der Waals surface area contributed by atoms with E-state index in [2.05, 4.69) is 24.4 Å². The lowest BCUT2D eigenvalue weighted by atomic mass is 10.0. The minimum absolute atomic E-state index is 0.0728. The van der Waals surface area contributed by atoms with Crippen LogP contribution in [0.5, 0.6) is 5.75 Å². The highest BCUT2D eigenvalue weighted by atomic mass is 32.2. The van der Waals surface area contributed by atoms with Crippen molar-refractivity contribution in [3.8, 4) is 11.8 Å². The van der Waals surface area contributed by atoms with Gasteiger partial charge in [0, 0.05) is 25.7 Å². The Bertz CT molecular complexity index is 1130. The van der Waals surface area contributed by atoms with Crippen LogP contribution in [0.2, 0.25) is 0 Å². The van der Waals surface area contributed by atoms with Crippen molar-refractivity contribution in [2.45, 2.75) is 45.3 Å². The second kappa shape index (κ2) is 11.4. The van der Waals surface area contributed by atoms with Crippen molar-refractivity contribution in [1.29, 1.82) is 5.26 Å². The first-order valence-corrected chi connectivity index (χ1v) is 13.2. The summed E-state index contributed by atoms with van der Waals surface area (Å²) < 4.78 is 36.6. The van der Waals surface area contributed by atoms with Crippen LogP contribution in [0.3, 0.4) is 0 Å². The molecule has 1 aliphatic heterocycles. The molecule has 0 radical (unpaired) electrons. The molecule has 8 nitrogen and oxygen atoms in total. The molecule has 0 bridgehead atoms. The van der Waals surface area contributed by atoms with E-state index in [-0.39, 0.29) is 24.7 Å². The molecule has 2 aromatic rings. The van der Waals surface area contributed by atoms with Gasteiger partial charge in [-0.25, -0.2) is 12.7 Å². The number of benzene rings is 2. The highest BCUT2D eigenvalue weighted by Crippen LogP contribution is 2.28. The normalized spacial score (nSPS) is 15.8. The second-order valence-corrected chi connectivity index (χ2v) is 10.4. The number of sulfonamides is 1. The summed E-state index contributed by atoms with van der Waals surface area (Å²) in [6, 6.07) is 14.9. The molecule has 1 atom stereocenters. The van der Waals surface area contributed by atoms with Gasteiger partial charge in [0.1, 0.15) is 18.5 Å². The van der Waals surface area contributed by atoms with Gasteiger partial charge in [-0.2, -0.15) is 5.26 Å². The van der Waals surface area contributed by atoms with Crippen molar-refractivity contribution >= 4 is 21.7 Å². The zero-order valence-corrected chi connectivity index (χ0v) is 20.6. The van der Waals surface area contributed by atoms with Gasteiger partial charge in [-0.05, 0) is 66.8 Å². The second-order valence-electron chi connectivity index (χ2n) is 8.43. The van der Waals surface area contributed by atoms with E-state index in [0.717, 1.165) is 23.2 Å². The summed E-state index contributed by atoms with van der Waals surface area (Å²) in [5.74, 6) is 0.342. The van der Waals surface area contributed by atoms with Crippen molar-refractivity contribution in [1.82, 2.24) is 4.31 Å². The van der Waals surface area contributed by atoms with Crippen LogP contribution in [0.4, 0.5) is 5.69 Å². The third-order valence-corrected chi connectivity index (χ3v) is 7.08. The van der Waals surface area contributed by atoms with Crippen LogP contribution in [-0.2, 0) is 26.0 Å². The van der Waals surface area contributed by atoms with E-state index in [0.29, 0.717) is 37.2 Å². The molecule has 0 saturated carbocycles. The molecule has 0 aliphatic carbocycles. The molecule has 2 aromatic carbocycles. The largest absolute Gasteiger partial charge is 0.490 e. The monoisotopic (exact) mass is 485 g/mol. The number of carbonyl (C=O) groups excluding carboxylic acids is 1. The maximum Gasteiger partial charge on any atom is 0.302 e. The average molecular weight is 486 g/mol. The van der Waals surface area contributed by atoms with Crippen LogP contribution in [0.1, 0.15) is 49.4 Å². The Morgan fingerprint density at radius 2 is 1.88 bits per heavy atom. The molecular weight excluding hydrogens is 454 g/mol. The molecule has 0 amide bonds. The summed E-state index contributed by atoms with van der Waals surface area (Å²) in [7, 11) is -3.19. The Kier molecular flexibility index (Phi) is 8.53. The summed E-state index contributed by atoms with van der Waals surface area (Å²) in [6.45, 7) is 4.45. The van der Waals surface area contributed by atoms with Crippen LogP contribution in [0, 0.1) is 11.3 Å². The highest BCUT2D eigenvalue weighted by Gasteiger charge is 2.26. The van der Waals surface area contributed by atoms with Crippen LogP contribution in [0.25, 0.3) is 0 Å². The molecule has 1 heterocycles. The Labute approximate surface area is 201 Å². The number of rotatable bonds is 9. The fourth-order valence-electron chi connectivity index (χ4n) is 3.90. The van der Waals surface area contributed by atoms with Crippen LogP contribution in [0.15, 0.2) is 42.5 Å². The number of hydrogen-bond donors (Lipinski definition) is 1.